The fourth-order valence-corrected chi connectivity index (χ4v) is 2.84. The van der Waals surface area contributed by atoms with Crippen LogP contribution in [0.25, 0.3) is 10.9 Å². The summed E-state index contributed by atoms with van der Waals surface area (Å²) >= 11 is 3.48. The third-order valence-corrected chi connectivity index (χ3v) is 4.10. The van der Waals surface area contributed by atoms with Crippen LogP contribution < -0.4 is 5.43 Å². The molecular formula is C16H18BrN3O3. The largest absolute Gasteiger partial charge is 0.462 e. The highest BCUT2D eigenvalue weighted by Gasteiger charge is 2.20. The van der Waals surface area contributed by atoms with Crippen molar-refractivity contribution in [1.82, 2.24) is 9.99 Å². The van der Waals surface area contributed by atoms with Crippen LogP contribution in [0.5, 0.6) is 0 Å². The van der Waals surface area contributed by atoms with Gasteiger partial charge >= 0.3 is 5.97 Å². The Kier molecular flexibility index (Phi) is 5.09. The standard InChI is InChI=1S/C16H18BrN3O3/c1-2-23-16(21)13-10-18-14-4-3-11(17)9-12(14)15(13)19-20-5-7-22-8-6-20/h3-4,9-10H,2,5-8H2,1H3,(H,18,19). The van der Waals surface area contributed by atoms with E-state index in [1.54, 1.807) is 13.1 Å². The smallest absolute Gasteiger partial charge is 0.341 e. The maximum absolute atomic E-state index is 12.3. The summed E-state index contributed by atoms with van der Waals surface area (Å²) in [7, 11) is 0. The molecule has 23 heavy (non-hydrogen) atoms. The van der Waals surface area contributed by atoms with Gasteiger partial charge in [-0.2, -0.15) is 0 Å². The number of fused-ring (bicyclic) bond motifs is 1. The first-order valence-electron chi connectivity index (χ1n) is 7.53. The second-order valence-corrected chi connectivity index (χ2v) is 6.06. The summed E-state index contributed by atoms with van der Waals surface area (Å²) in [5, 5.41) is 2.92. The molecule has 1 fully saturated rings. The molecule has 0 unspecified atom stereocenters. The first-order chi connectivity index (χ1) is 11.2. The van der Waals surface area contributed by atoms with Crippen molar-refractivity contribution >= 4 is 38.5 Å². The number of morpholine rings is 1. The van der Waals surface area contributed by atoms with Crippen LogP contribution in [0, 0.1) is 0 Å². The van der Waals surface area contributed by atoms with Crippen LogP contribution in [0.15, 0.2) is 28.9 Å². The molecular weight excluding hydrogens is 362 g/mol. The molecule has 6 nitrogen and oxygen atoms in total. The van der Waals surface area contributed by atoms with Gasteiger partial charge < -0.3 is 14.9 Å². The van der Waals surface area contributed by atoms with Gasteiger partial charge in [0.05, 0.1) is 31.0 Å². The molecule has 3 rings (SSSR count). The molecule has 122 valence electrons. The highest BCUT2D eigenvalue weighted by Crippen LogP contribution is 2.29. The zero-order valence-corrected chi connectivity index (χ0v) is 14.4. The Labute approximate surface area is 142 Å². The predicted molar refractivity (Wildman–Crippen MR) is 91.4 cm³/mol. The number of pyridine rings is 1. The minimum Gasteiger partial charge on any atom is -0.462 e. The lowest BCUT2D eigenvalue weighted by molar-refractivity contribution is 0.0488. The first kappa shape index (κ1) is 16.2. The van der Waals surface area contributed by atoms with Gasteiger partial charge in [0.1, 0.15) is 5.56 Å². The summed E-state index contributed by atoms with van der Waals surface area (Å²) < 4.78 is 11.5. The van der Waals surface area contributed by atoms with E-state index in [1.165, 1.54) is 0 Å². The van der Waals surface area contributed by atoms with Crippen molar-refractivity contribution < 1.29 is 14.3 Å². The van der Waals surface area contributed by atoms with Gasteiger partial charge in [-0.1, -0.05) is 15.9 Å². The fourth-order valence-electron chi connectivity index (χ4n) is 2.48. The first-order valence-corrected chi connectivity index (χ1v) is 8.33. The third-order valence-electron chi connectivity index (χ3n) is 3.61. The van der Waals surface area contributed by atoms with Crippen LogP contribution in [0.2, 0.25) is 0 Å². The van der Waals surface area contributed by atoms with Gasteiger partial charge in [-0.05, 0) is 25.1 Å². The zero-order chi connectivity index (χ0) is 16.2. The normalized spacial score (nSPS) is 15.6. The van der Waals surface area contributed by atoms with E-state index in [2.05, 4.69) is 26.3 Å². The maximum atomic E-state index is 12.3. The molecule has 0 saturated carbocycles. The van der Waals surface area contributed by atoms with E-state index in [-0.39, 0.29) is 5.97 Å². The average Bonchev–Trinajstić information content (AvgIpc) is 2.56. The number of halogens is 1. The molecule has 1 aliphatic rings. The second-order valence-electron chi connectivity index (χ2n) is 5.14. The molecule has 2 heterocycles. The Bertz CT molecular complexity index is 717. The van der Waals surface area contributed by atoms with Crippen molar-refractivity contribution in [3.05, 3.63) is 34.4 Å². The maximum Gasteiger partial charge on any atom is 0.341 e. The number of hydrogen-bond acceptors (Lipinski definition) is 6. The van der Waals surface area contributed by atoms with E-state index in [0.29, 0.717) is 25.4 Å². The lowest BCUT2D eigenvalue weighted by Gasteiger charge is -2.29. The lowest BCUT2D eigenvalue weighted by Crippen LogP contribution is -2.40. The van der Waals surface area contributed by atoms with E-state index in [4.69, 9.17) is 9.47 Å². The number of hydrazine groups is 1. The van der Waals surface area contributed by atoms with Crippen LogP contribution in [0.3, 0.4) is 0 Å². The van der Waals surface area contributed by atoms with Crippen LogP contribution >= 0.6 is 15.9 Å². The van der Waals surface area contributed by atoms with E-state index in [1.807, 2.05) is 23.2 Å². The SMILES string of the molecule is CCOC(=O)c1cnc2ccc(Br)cc2c1NN1CCOCC1. The number of aromatic nitrogens is 1. The molecule has 0 radical (unpaired) electrons. The van der Waals surface area contributed by atoms with E-state index >= 15 is 0 Å². The highest BCUT2D eigenvalue weighted by atomic mass is 79.9. The molecule has 0 aliphatic carbocycles. The van der Waals surface area contributed by atoms with Gasteiger partial charge in [-0.15, -0.1) is 0 Å². The zero-order valence-electron chi connectivity index (χ0n) is 12.8. The number of benzene rings is 1. The molecule has 0 atom stereocenters. The summed E-state index contributed by atoms with van der Waals surface area (Å²) in [5.74, 6) is -0.377. The Morgan fingerprint density at radius 2 is 2.22 bits per heavy atom. The van der Waals surface area contributed by atoms with Crippen molar-refractivity contribution in [3.63, 3.8) is 0 Å². The minimum absolute atomic E-state index is 0.326. The monoisotopic (exact) mass is 379 g/mol. The van der Waals surface area contributed by atoms with Gasteiger partial charge in [-0.25, -0.2) is 9.80 Å². The third kappa shape index (κ3) is 3.63. The van der Waals surface area contributed by atoms with Gasteiger partial charge in [0.25, 0.3) is 0 Å². The van der Waals surface area contributed by atoms with Gasteiger partial charge in [-0.3, -0.25) is 4.98 Å². The number of carbonyl (C=O) groups excluding carboxylic acids is 1. The Morgan fingerprint density at radius 3 is 2.96 bits per heavy atom. The van der Waals surface area contributed by atoms with Crippen molar-refractivity contribution in [2.75, 3.05) is 38.3 Å². The van der Waals surface area contributed by atoms with E-state index < -0.39 is 0 Å². The summed E-state index contributed by atoms with van der Waals surface area (Å²) in [6, 6.07) is 5.80. The number of carbonyl (C=O) groups is 1. The van der Waals surface area contributed by atoms with Gasteiger partial charge in [0.15, 0.2) is 0 Å². The molecule has 7 heteroatoms. The minimum atomic E-state index is -0.377. The molecule has 0 bridgehead atoms. The second kappa shape index (κ2) is 7.25. The number of nitrogens with zero attached hydrogens (tertiary/aromatic N) is 2. The molecule has 1 N–H and O–H groups in total. The number of nitrogens with one attached hydrogen (secondary N) is 1. The number of hydrogen-bond donors (Lipinski definition) is 1. The van der Waals surface area contributed by atoms with Crippen molar-refractivity contribution in [2.45, 2.75) is 6.92 Å². The van der Waals surface area contributed by atoms with E-state index in [0.717, 1.165) is 34.2 Å². The number of ether oxygens (including phenoxy) is 2. The quantitative estimate of drug-likeness (QED) is 0.824. The Morgan fingerprint density at radius 1 is 1.43 bits per heavy atom. The summed E-state index contributed by atoms with van der Waals surface area (Å²) in [5.41, 5.74) is 5.32. The summed E-state index contributed by atoms with van der Waals surface area (Å²) in [6.45, 7) is 4.94. The van der Waals surface area contributed by atoms with Crippen LogP contribution in [-0.4, -0.2) is 48.9 Å². The number of anilines is 1. The van der Waals surface area contributed by atoms with Crippen molar-refractivity contribution in [2.24, 2.45) is 0 Å². The van der Waals surface area contributed by atoms with Crippen molar-refractivity contribution in [1.29, 1.82) is 0 Å². The lowest BCUT2D eigenvalue weighted by atomic mass is 10.1. The number of rotatable bonds is 4. The highest BCUT2D eigenvalue weighted by molar-refractivity contribution is 9.10. The van der Waals surface area contributed by atoms with Crippen LogP contribution in [0.4, 0.5) is 5.69 Å². The molecule has 0 spiro atoms. The summed E-state index contributed by atoms with van der Waals surface area (Å²) in [4.78, 5) is 16.7. The molecule has 1 aromatic heterocycles. The average molecular weight is 380 g/mol. The predicted octanol–water partition coefficient (Wildman–Crippen LogP) is 2.83. The fraction of sp³-hybridized carbons (Fsp3) is 0.375. The van der Waals surface area contributed by atoms with Gasteiger partial charge in [0, 0.05) is 29.1 Å². The van der Waals surface area contributed by atoms with E-state index in [9.17, 15) is 4.79 Å². The number of esters is 1. The Hall–Kier alpha value is -1.70. The molecule has 1 aliphatic heterocycles. The molecule has 2 aromatic rings. The Balaban J connectivity index is 2.06. The molecule has 1 saturated heterocycles. The molecule has 0 amide bonds. The van der Waals surface area contributed by atoms with Crippen LogP contribution in [0.1, 0.15) is 17.3 Å². The van der Waals surface area contributed by atoms with Crippen molar-refractivity contribution in [3.8, 4) is 0 Å². The topological polar surface area (TPSA) is 63.7 Å². The molecule has 1 aromatic carbocycles. The van der Waals surface area contributed by atoms with Gasteiger partial charge in [0.2, 0.25) is 0 Å². The van der Waals surface area contributed by atoms with Crippen LogP contribution in [-0.2, 0) is 9.47 Å². The summed E-state index contributed by atoms with van der Waals surface area (Å²) in [6.07, 6.45) is 1.57.